The zero-order chi connectivity index (χ0) is 26.4. The maximum absolute atomic E-state index is 13.7. The van der Waals surface area contributed by atoms with Gasteiger partial charge in [-0.2, -0.15) is 13.2 Å². The van der Waals surface area contributed by atoms with Crippen molar-refractivity contribution in [3.05, 3.63) is 45.7 Å². The zero-order valence-corrected chi connectivity index (χ0v) is 21.1. The van der Waals surface area contributed by atoms with Gasteiger partial charge in [0, 0.05) is 60.9 Å². The summed E-state index contributed by atoms with van der Waals surface area (Å²) in [5.41, 5.74) is 4.31. The third-order valence-electron chi connectivity index (χ3n) is 8.06. The molecule has 2 aliphatic carbocycles. The van der Waals surface area contributed by atoms with Crippen molar-refractivity contribution in [2.75, 3.05) is 31.5 Å². The Morgan fingerprint density at radius 3 is 2.81 bits per heavy atom. The van der Waals surface area contributed by atoms with Crippen molar-refractivity contribution in [3.8, 4) is 0 Å². The standard InChI is InChI=1S/C25H31F4N5O2S/c26-20-2-1-16(10-19(20)25(27,28)29)32-23(36)34(8-7-33-6-4-18(35)14-33)17-3-5-24(11-15(24)9-17)21-13-31-22(12-30)37-21/h1-2,10,13,15,17-18,35H,3-9,11-12,14,30H2,(H,32,36)/t15?,17-,18?,24+/m1/s1. The van der Waals surface area contributed by atoms with Gasteiger partial charge in [0.1, 0.15) is 10.8 Å². The van der Waals surface area contributed by atoms with Crippen LogP contribution in [0.4, 0.5) is 28.0 Å². The van der Waals surface area contributed by atoms with Gasteiger partial charge in [-0.3, -0.25) is 4.90 Å². The summed E-state index contributed by atoms with van der Waals surface area (Å²) < 4.78 is 53.3. The maximum atomic E-state index is 13.7. The largest absolute Gasteiger partial charge is 0.419 e. The summed E-state index contributed by atoms with van der Waals surface area (Å²) in [4.78, 5) is 22.8. The van der Waals surface area contributed by atoms with Crippen molar-refractivity contribution in [1.29, 1.82) is 0 Å². The molecule has 3 aliphatic rings. The number of nitrogens with one attached hydrogen (secondary N) is 1. The van der Waals surface area contributed by atoms with Crippen molar-refractivity contribution in [2.24, 2.45) is 11.7 Å². The summed E-state index contributed by atoms with van der Waals surface area (Å²) in [6.07, 6.45) is 0.829. The quantitative estimate of drug-likeness (QED) is 0.458. The molecule has 2 amide bonds. The number of nitrogens with two attached hydrogens (primary N) is 1. The van der Waals surface area contributed by atoms with Crippen LogP contribution in [0.25, 0.3) is 0 Å². The van der Waals surface area contributed by atoms with Gasteiger partial charge in [0.2, 0.25) is 0 Å². The second-order valence-electron chi connectivity index (χ2n) is 10.4. The molecule has 2 saturated carbocycles. The van der Waals surface area contributed by atoms with E-state index in [4.69, 9.17) is 5.73 Å². The minimum atomic E-state index is -4.86. The van der Waals surface area contributed by atoms with Crippen LogP contribution in [-0.2, 0) is 18.1 Å². The molecule has 0 bridgehead atoms. The number of carbonyl (C=O) groups excluding carboxylic acids is 1. The van der Waals surface area contributed by atoms with E-state index in [0.29, 0.717) is 44.6 Å². The van der Waals surface area contributed by atoms with Crippen LogP contribution in [0.2, 0.25) is 0 Å². The smallest absolute Gasteiger partial charge is 0.392 e. The van der Waals surface area contributed by atoms with E-state index in [0.717, 1.165) is 49.4 Å². The second kappa shape index (κ2) is 10.1. The predicted molar refractivity (Wildman–Crippen MR) is 132 cm³/mol. The molecule has 4 atom stereocenters. The molecule has 5 rings (SSSR count). The molecule has 7 nitrogen and oxygen atoms in total. The highest BCUT2D eigenvalue weighted by atomic mass is 32.1. The molecule has 2 unspecified atom stereocenters. The van der Waals surface area contributed by atoms with Crippen LogP contribution in [0.15, 0.2) is 24.4 Å². The van der Waals surface area contributed by atoms with Gasteiger partial charge in [-0.15, -0.1) is 11.3 Å². The average Bonchev–Trinajstić information content (AvgIpc) is 3.15. The fourth-order valence-electron chi connectivity index (χ4n) is 5.94. The first-order chi connectivity index (χ1) is 17.6. The molecular formula is C25H31F4N5O2S. The molecular weight excluding hydrogens is 510 g/mol. The molecule has 1 saturated heterocycles. The van der Waals surface area contributed by atoms with E-state index in [1.807, 2.05) is 6.20 Å². The van der Waals surface area contributed by atoms with Gasteiger partial charge in [0.25, 0.3) is 0 Å². The average molecular weight is 542 g/mol. The zero-order valence-electron chi connectivity index (χ0n) is 20.3. The number of β-amino-alcohol motifs (C(OH)–C–C–N with tert-alkyl or cyclic N) is 1. The number of benzene rings is 1. The number of alkyl halides is 3. The fraction of sp³-hybridized carbons (Fsp3) is 0.600. The van der Waals surface area contributed by atoms with Gasteiger partial charge in [-0.25, -0.2) is 14.2 Å². The lowest BCUT2D eigenvalue weighted by atomic mass is 9.84. The summed E-state index contributed by atoms with van der Waals surface area (Å²) in [6.45, 7) is 2.62. The minimum absolute atomic E-state index is 0.0717. The van der Waals surface area contributed by atoms with Crippen LogP contribution in [-0.4, -0.2) is 64.2 Å². The molecule has 202 valence electrons. The SMILES string of the molecule is NCc1ncc([C@]23CC[C@@H](N(CCN4CCC(O)C4)C(=O)Nc4ccc(F)c(C(F)(F)F)c4)CC2C3)s1. The highest BCUT2D eigenvalue weighted by Crippen LogP contribution is 2.63. The van der Waals surface area contributed by atoms with E-state index >= 15 is 0 Å². The van der Waals surface area contributed by atoms with Gasteiger partial charge in [-0.1, -0.05) is 0 Å². The molecule has 0 spiro atoms. The van der Waals surface area contributed by atoms with Crippen LogP contribution in [0.5, 0.6) is 0 Å². The molecule has 2 heterocycles. The number of hydrogen-bond acceptors (Lipinski definition) is 6. The summed E-state index contributed by atoms with van der Waals surface area (Å²) >= 11 is 1.65. The Kier molecular flexibility index (Phi) is 7.20. The number of rotatable bonds is 7. The van der Waals surface area contributed by atoms with Crippen LogP contribution in [0.3, 0.4) is 0 Å². The third-order valence-corrected chi connectivity index (χ3v) is 9.30. The summed E-state index contributed by atoms with van der Waals surface area (Å²) in [5.74, 6) is -0.975. The van der Waals surface area contributed by atoms with Crippen LogP contribution in [0.1, 0.15) is 47.6 Å². The van der Waals surface area contributed by atoms with Gasteiger partial charge in [-0.05, 0) is 56.2 Å². The first kappa shape index (κ1) is 26.3. The summed E-state index contributed by atoms with van der Waals surface area (Å²) in [7, 11) is 0. The Morgan fingerprint density at radius 1 is 1.35 bits per heavy atom. The number of anilines is 1. The van der Waals surface area contributed by atoms with Crippen LogP contribution < -0.4 is 11.1 Å². The van der Waals surface area contributed by atoms with Crippen molar-refractivity contribution in [3.63, 3.8) is 0 Å². The molecule has 1 aromatic carbocycles. The molecule has 2 aromatic rings. The molecule has 1 aliphatic heterocycles. The highest BCUT2D eigenvalue weighted by Gasteiger charge is 2.59. The molecule has 3 fully saturated rings. The summed E-state index contributed by atoms with van der Waals surface area (Å²) in [5, 5.41) is 13.3. The second-order valence-corrected chi connectivity index (χ2v) is 11.5. The van der Waals surface area contributed by atoms with E-state index < -0.39 is 23.6 Å². The topological polar surface area (TPSA) is 94.7 Å². The van der Waals surface area contributed by atoms with E-state index in [-0.39, 0.29) is 23.2 Å². The molecule has 12 heteroatoms. The number of aromatic nitrogens is 1. The number of aliphatic hydroxyl groups is 1. The number of fused-ring (bicyclic) bond motifs is 1. The lowest BCUT2D eigenvalue weighted by Crippen LogP contribution is -2.48. The monoisotopic (exact) mass is 541 g/mol. The Hall–Kier alpha value is -2.28. The summed E-state index contributed by atoms with van der Waals surface area (Å²) in [6, 6.07) is 1.92. The lowest BCUT2D eigenvalue weighted by Gasteiger charge is -2.37. The van der Waals surface area contributed by atoms with Crippen molar-refractivity contribution >= 4 is 23.1 Å². The van der Waals surface area contributed by atoms with Gasteiger partial charge in [0.15, 0.2) is 0 Å². The number of nitrogens with zero attached hydrogens (tertiary/aromatic N) is 3. The van der Waals surface area contributed by atoms with E-state index in [1.165, 1.54) is 4.88 Å². The number of likely N-dealkylation sites (tertiary alicyclic amines) is 1. The van der Waals surface area contributed by atoms with Crippen LogP contribution >= 0.6 is 11.3 Å². The lowest BCUT2D eigenvalue weighted by molar-refractivity contribution is -0.139. The van der Waals surface area contributed by atoms with Gasteiger partial charge >= 0.3 is 12.2 Å². The Balaban J connectivity index is 1.30. The Labute approximate surface area is 216 Å². The maximum Gasteiger partial charge on any atom is 0.419 e. The molecule has 4 N–H and O–H groups in total. The first-order valence-electron chi connectivity index (χ1n) is 12.6. The normalized spacial score (nSPS) is 27.7. The molecule has 37 heavy (non-hydrogen) atoms. The van der Waals surface area contributed by atoms with E-state index in [1.54, 1.807) is 16.2 Å². The predicted octanol–water partition coefficient (Wildman–Crippen LogP) is 4.17. The minimum Gasteiger partial charge on any atom is -0.392 e. The number of carbonyl (C=O) groups is 1. The van der Waals surface area contributed by atoms with Crippen LogP contribution in [0, 0.1) is 11.7 Å². The third kappa shape index (κ3) is 5.47. The number of thiazole rings is 1. The molecule has 0 radical (unpaired) electrons. The van der Waals surface area contributed by atoms with Crippen molar-refractivity contribution < 1.29 is 27.5 Å². The molecule has 1 aromatic heterocycles. The van der Waals surface area contributed by atoms with Crippen molar-refractivity contribution in [2.45, 2.75) is 62.4 Å². The Morgan fingerprint density at radius 2 is 2.16 bits per heavy atom. The first-order valence-corrected chi connectivity index (χ1v) is 13.4. The number of hydrogen-bond donors (Lipinski definition) is 3. The number of aliphatic hydroxyl groups excluding tert-OH is 1. The van der Waals surface area contributed by atoms with Crippen molar-refractivity contribution in [1.82, 2.24) is 14.8 Å². The van der Waals surface area contributed by atoms with E-state index in [2.05, 4.69) is 15.2 Å². The van der Waals surface area contributed by atoms with E-state index in [9.17, 15) is 27.5 Å². The van der Waals surface area contributed by atoms with Gasteiger partial charge < -0.3 is 21.1 Å². The highest BCUT2D eigenvalue weighted by molar-refractivity contribution is 7.11. The fourth-order valence-corrected chi connectivity index (χ4v) is 7.04. The number of urea groups is 1. The number of halogens is 4. The number of amides is 2. The Bertz CT molecular complexity index is 1140. The van der Waals surface area contributed by atoms with Gasteiger partial charge in [0.05, 0.1) is 11.7 Å².